The molecular formula is C17H26N2O2. The predicted octanol–water partition coefficient (Wildman–Crippen LogP) is 2.26. The van der Waals surface area contributed by atoms with E-state index >= 15 is 0 Å². The van der Waals surface area contributed by atoms with Gasteiger partial charge in [0.05, 0.1) is 7.11 Å². The number of amides is 1. The Bertz CT molecular complexity index is 445. The Balaban J connectivity index is 1.69. The standard InChI is InChI=1S/C17H26N2O2/c1-21-15-9-6-13(7-10-15)8-11-17(20)19-12-14-4-2-3-5-16(14)18/h6-7,9-10,14,16H,2-5,8,11-12,18H2,1H3,(H,19,20). The highest BCUT2D eigenvalue weighted by Crippen LogP contribution is 2.22. The second-order valence-corrected chi connectivity index (χ2v) is 5.86. The minimum absolute atomic E-state index is 0.114. The van der Waals surface area contributed by atoms with Crippen molar-refractivity contribution in [1.29, 1.82) is 0 Å². The number of nitrogens with one attached hydrogen (secondary N) is 1. The Morgan fingerprint density at radius 1 is 1.29 bits per heavy atom. The summed E-state index contributed by atoms with van der Waals surface area (Å²) in [7, 11) is 1.65. The Hall–Kier alpha value is -1.55. The summed E-state index contributed by atoms with van der Waals surface area (Å²) in [5.41, 5.74) is 7.25. The molecule has 1 aliphatic carbocycles. The van der Waals surface area contributed by atoms with Crippen LogP contribution in [0, 0.1) is 5.92 Å². The van der Waals surface area contributed by atoms with Crippen LogP contribution >= 0.6 is 0 Å². The molecule has 1 aliphatic rings. The average Bonchev–Trinajstić information content (AvgIpc) is 2.52. The number of nitrogens with two attached hydrogens (primary N) is 1. The number of benzene rings is 1. The number of carbonyl (C=O) groups excluding carboxylic acids is 1. The number of rotatable bonds is 6. The summed E-state index contributed by atoms with van der Waals surface area (Å²) in [5.74, 6) is 1.40. The van der Waals surface area contributed by atoms with Crippen LogP contribution < -0.4 is 15.8 Å². The van der Waals surface area contributed by atoms with Crippen LogP contribution in [0.4, 0.5) is 0 Å². The highest BCUT2D eigenvalue weighted by atomic mass is 16.5. The molecule has 1 aromatic carbocycles. The van der Waals surface area contributed by atoms with E-state index in [1.165, 1.54) is 12.8 Å². The van der Waals surface area contributed by atoms with E-state index in [2.05, 4.69) is 5.32 Å². The van der Waals surface area contributed by atoms with Crippen molar-refractivity contribution < 1.29 is 9.53 Å². The van der Waals surface area contributed by atoms with Gasteiger partial charge in [0.25, 0.3) is 0 Å². The van der Waals surface area contributed by atoms with Crippen LogP contribution in [0.25, 0.3) is 0 Å². The summed E-state index contributed by atoms with van der Waals surface area (Å²) in [6, 6.07) is 8.11. The number of methoxy groups -OCH3 is 1. The number of hydrogen-bond acceptors (Lipinski definition) is 3. The minimum Gasteiger partial charge on any atom is -0.497 e. The van der Waals surface area contributed by atoms with Gasteiger partial charge in [0.15, 0.2) is 0 Å². The van der Waals surface area contributed by atoms with E-state index in [0.717, 1.165) is 37.1 Å². The quantitative estimate of drug-likeness (QED) is 0.844. The molecule has 0 aromatic heterocycles. The smallest absolute Gasteiger partial charge is 0.220 e. The molecule has 0 saturated heterocycles. The van der Waals surface area contributed by atoms with Crippen LogP contribution in [0.15, 0.2) is 24.3 Å². The molecule has 2 atom stereocenters. The first-order chi connectivity index (χ1) is 10.2. The molecule has 116 valence electrons. The SMILES string of the molecule is COc1ccc(CCC(=O)NCC2CCCCC2N)cc1. The maximum Gasteiger partial charge on any atom is 0.220 e. The fourth-order valence-electron chi connectivity index (χ4n) is 2.87. The number of aryl methyl sites for hydroxylation is 1. The zero-order valence-electron chi connectivity index (χ0n) is 12.8. The topological polar surface area (TPSA) is 64.3 Å². The highest BCUT2D eigenvalue weighted by Gasteiger charge is 2.21. The van der Waals surface area contributed by atoms with Crippen LogP contribution in [-0.4, -0.2) is 25.6 Å². The number of carbonyl (C=O) groups is 1. The second kappa shape index (κ2) is 8.03. The molecule has 1 fully saturated rings. The van der Waals surface area contributed by atoms with E-state index in [1.54, 1.807) is 7.11 Å². The van der Waals surface area contributed by atoms with Gasteiger partial charge in [-0.2, -0.15) is 0 Å². The van der Waals surface area contributed by atoms with E-state index in [4.69, 9.17) is 10.5 Å². The van der Waals surface area contributed by atoms with Crippen LogP contribution in [0.5, 0.6) is 5.75 Å². The van der Waals surface area contributed by atoms with Crippen molar-refractivity contribution in [3.8, 4) is 5.75 Å². The Morgan fingerprint density at radius 2 is 2.00 bits per heavy atom. The van der Waals surface area contributed by atoms with Gasteiger partial charge in [-0.3, -0.25) is 4.79 Å². The molecule has 3 N–H and O–H groups in total. The largest absolute Gasteiger partial charge is 0.497 e. The van der Waals surface area contributed by atoms with E-state index in [1.807, 2.05) is 24.3 Å². The molecule has 1 saturated carbocycles. The van der Waals surface area contributed by atoms with Gasteiger partial charge in [-0.05, 0) is 42.9 Å². The number of hydrogen-bond donors (Lipinski definition) is 2. The lowest BCUT2D eigenvalue weighted by Gasteiger charge is -2.28. The lowest BCUT2D eigenvalue weighted by Crippen LogP contribution is -2.41. The average molecular weight is 290 g/mol. The van der Waals surface area contributed by atoms with Gasteiger partial charge in [-0.1, -0.05) is 25.0 Å². The zero-order valence-corrected chi connectivity index (χ0v) is 12.8. The lowest BCUT2D eigenvalue weighted by molar-refractivity contribution is -0.121. The van der Waals surface area contributed by atoms with Crippen molar-refractivity contribution in [3.05, 3.63) is 29.8 Å². The minimum atomic E-state index is 0.114. The predicted molar refractivity (Wildman–Crippen MR) is 84.3 cm³/mol. The van der Waals surface area contributed by atoms with Crippen molar-refractivity contribution in [2.24, 2.45) is 11.7 Å². The molecule has 0 aliphatic heterocycles. The molecule has 0 heterocycles. The number of ether oxygens (including phenoxy) is 1. The van der Waals surface area contributed by atoms with Gasteiger partial charge in [0.1, 0.15) is 5.75 Å². The molecule has 1 amide bonds. The van der Waals surface area contributed by atoms with Gasteiger partial charge >= 0.3 is 0 Å². The van der Waals surface area contributed by atoms with E-state index in [0.29, 0.717) is 12.3 Å². The molecule has 2 rings (SSSR count). The molecular weight excluding hydrogens is 264 g/mol. The maximum absolute atomic E-state index is 11.9. The van der Waals surface area contributed by atoms with E-state index in [-0.39, 0.29) is 11.9 Å². The van der Waals surface area contributed by atoms with Crippen molar-refractivity contribution >= 4 is 5.91 Å². The van der Waals surface area contributed by atoms with Crippen molar-refractivity contribution in [1.82, 2.24) is 5.32 Å². The van der Waals surface area contributed by atoms with Gasteiger partial charge in [-0.25, -0.2) is 0 Å². The summed E-state index contributed by atoms with van der Waals surface area (Å²) in [4.78, 5) is 11.9. The van der Waals surface area contributed by atoms with Gasteiger partial charge in [0.2, 0.25) is 5.91 Å². The first-order valence-corrected chi connectivity index (χ1v) is 7.84. The summed E-state index contributed by atoms with van der Waals surface area (Å²) in [6.45, 7) is 0.725. The third-order valence-electron chi connectivity index (χ3n) is 4.33. The van der Waals surface area contributed by atoms with Gasteiger partial charge < -0.3 is 15.8 Å². The first kappa shape index (κ1) is 15.8. The lowest BCUT2D eigenvalue weighted by atomic mass is 9.85. The van der Waals surface area contributed by atoms with E-state index in [9.17, 15) is 4.79 Å². The van der Waals surface area contributed by atoms with Crippen molar-refractivity contribution in [3.63, 3.8) is 0 Å². The third-order valence-corrected chi connectivity index (χ3v) is 4.33. The van der Waals surface area contributed by atoms with Crippen LogP contribution in [-0.2, 0) is 11.2 Å². The molecule has 4 heteroatoms. The maximum atomic E-state index is 11.9. The van der Waals surface area contributed by atoms with Gasteiger partial charge in [0, 0.05) is 19.0 Å². The Kier molecular flexibility index (Phi) is 6.05. The van der Waals surface area contributed by atoms with Gasteiger partial charge in [-0.15, -0.1) is 0 Å². The van der Waals surface area contributed by atoms with Crippen LogP contribution in [0.1, 0.15) is 37.7 Å². The summed E-state index contributed by atoms with van der Waals surface area (Å²) in [5, 5.41) is 3.03. The van der Waals surface area contributed by atoms with Crippen LogP contribution in [0.3, 0.4) is 0 Å². The summed E-state index contributed by atoms with van der Waals surface area (Å²) in [6.07, 6.45) is 5.97. The Labute approximate surface area is 127 Å². The fraction of sp³-hybridized carbons (Fsp3) is 0.588. The summed E-state index contributed by atoms with van der Waals surface area (Å²) < 4.78 is 5.12. The summed E-state index contributed by atoms with van der Waals surface area (Å²) >= 11 is 0. The third kappa shape index (κ3) is 5.05. The molecule has 0 bridgehead atoms. The molecule has 21 heavy (non-hydrogen) atoms. The highest BCUT2D eigenvalue weighted by molar-refractivity contribution is 5.76. The van der Waals surface area contributed by atoms with E-state index < -0.39 is 0 Å². The van der Waals surface area contributed by atoms with Crippen molar-refractivity contribution in [2.75, 3.05) is 13.7 Å². The molecule has 0 spiro atoms. The van der Waals surface area contributed by atoms with Crippen molar-refractivity contribution in [2.45, 2.75) is 44.6 Å². The second-order valence-electron chi connectivity index (χ2n) is 5.86. The monoisotopic (exact) mass is 290 g/mol. The molecule has 0 radical (unpaired) electrons. The molecule has 4 nitrogen and oxygen atoms in total. The zero-order chi connectivity index (χ0) is 15.1. The molecule has 1 aromatic rings. The normalized spacial score (nSPS) is 21.8. The Morgan fingerprint density at radius 3 is 2.67 bits per heavy atom. The molecule has 2 unspecified atom stereocenters. The fourth-order valence-corrected chi connectivity index (χ4v) is 2.87. The first-order valence-electron chi connectivity index (χ1n) is 7.84. The van der Waals surface area contributed by atoms with Crippen LogP contribution in [0.2, 0.25) is 0 Å².